The summed E-state index contributed by atoms with van der Waals surface area (Å²) in [7, 11) is 4.66. The van der Waals surface area contributed by atoms with Gasteiger partial charge in [0.2, 0.25) is 0 Å². The van der Waals surface area contributed by atoms with Crippen molar-refractivity contribution < 1.29 is 19.0 Å². The summed E-state index contributed by atoms with van der Waals surface area (Å²) in [5.74, 6) is 2.31. The van der Waals surface area contributed by atoms with Crippen LogP contribution in [0.2, 0.25) is 0 Å². The van der Waals surface area contributed by atoms with E-state index in [1.165, 1.54) is 22.3 Å². The summed E-state index contributed by atoms with van der Waals surface area (Å²) in [6.07, 6.45) is 1.03. The van der Waals surface area contributed by atoms with Crippen LogP contribution in [0.3, 0.4) is 0 Å². The standard InChI is InChI=1S/C27H27NO4/c1-30-23-14-25(32-3)24(31-2)13-22(23)27(29)28-15-16-12-21-17-8-4-6-10-19(17)26(16)20-11-7-5-9-18(20)21/h4-11,13-14,16,21,26H,12,15H2,1-3H3,(H,28,29). The number of benzene rings is 3. The normalized spacial score (nSPS) is 20.2. The molecule has 0 saturated carbocycles. The second-order valence-corrected chi connectivity index (χ2v) is 8.40. The lowest BCUT2D eigenvalue weighted by Gasteiger charge is -2.45. The molecule has 5 heteroatoms. The summed E-state index contributed by atoms with van der Waals surface area (Å²) >= 11 is 0. The van der Waals surface area contributed by atoms with Crippen molar-refractivity contribution in [1.29, 1.82) is 0 Å². The molecule has 2 bridgehead atoms. The molecule has 3 aliphatic carbocycles. The first-order chi connectivity index (χ1) is 15.7. The SMILES string of the molecule is COc1cc(OC)c(C(=O)NCC2CC3c4ccccc4C2c2ccccc23)cc1OC. The molecule has 3 aromatic rings. The zero-order valence-electron chi connectivity index (χ0n) is 18.6. The molecular weight excluding hydrogens is 402 g/mol. The van der Waals surface area contributed by atoms with E-state index in [0.29, 0.717) is 47.1 Å². The fourth-order valence-electron chi connectivity index (χ4n) is 5.49. The van der Waals surface area contributed by atoms with Crippen molar-refractivity contribution in [3.63, 3.8) is 0 Å². The maximum Gasteiger partial charge on any atom is 0.255 e. The summed E-state index contributed by atoms with van der Waals surface area (Å²) in [6, 6.07) is 20.8. The lowest BCUT2D eigenvalue weighted by molar-refractivity contribution is 0.0939. The Bertz CT molecular complexity index is 1120. The maximum absolute atomic E-state index is 13.1. The predicted molar refractivity (Wildman–Crippen MR) is 123 cm³/mol. The van der Waals surface area contributed by atoms with Crippen LogP contribution in [0.4, 0.5) is 0 Å². The third-order valence-electron chi connectivity index (χ3n) is 6.90. The third-order valence-corrected chi connectivity index (χ3v) is 6.90. The van der Waals surface area contributed by atoms with E-state index < -0.39 is 0 Å². The van der Waals surface area contributed by atoms with Gasteiger partial charge in [-0.1, -0.05) is 48.5 Å². The van der Waals surface area contributed by atoms with Crippen LogP contribution in [0.5, 0.6) is 17.2 Å². The number of ether oxygens (including phenoxy) is 3. The first kappa shape index (κ1) is 20.4. The molecule has 5 nitrogen and oxygen atoms in total. The molecule has 164 valence electrons. The maximum atomic E-state index is 13.1. The highest BCUT2D eigenvalue weighted by Gasteiger charge is 2.42. The first-order valence-electron chi connectivity index (χ1n) is 10.9. The quantitative estimate of drug-likeness (QED) is 0.615. The summed E-state index contributed by atoms with van der Waals surface area (Å²) in [5, 5.41) is 3.16. The minimum atomic E-state index is -0.175. The molecule has 0 saturated heterocycles. The predicted octanol–water partition coefficient (Wildman–Crippen LogP) is 4.74. The van der Waals surface area contributed by atoms with Gasteiger partial charge in [-0.3, -0.25) is 4.79 Å². The molecule has 1 amide bonds. The van der Waals surface area contributed by atoms with Crippen LogP contribution < -0.4 is 19.5 Å². The minimum Gasteiger partial charge on any atom is -0.496 e. The zero-order chi connectivity index (χ0) is 22.2. The van der Waals surface area contributed by atoms with Crippen LogP contribution in [0.25, 0.3) is 0 Å². The Kier molecular flexibility index (Phi) is 5.25. The molecule has 0 spiro atoms. The number of hydrogen-bond acceptors (Lipinski definition) is 4. The Hall–Kier alpha value is -3.47. The van der Waals surface area contributed by atoms with E-state index in [1.54, 1.807) is 33.5 Å². The van der Waals surface area contributed by atoms with Gasteiger partial charge in [0.15, 0.2) is 11.5 Å². The molecule has 32 heavy (non-hydrogen) atoms. The monoisotopic (exact) mass is 429 g/mol. The van der Waals surface area contributed by atoms with E-state index in [9.17, 15) is 4.79 Å². The average Bonchev–Trinajstić information content (AvgIpc) is 2.86. The van der Waals surface area contributed by atoms with Crippen molar-refractivity contribution in [2.75, 3.05) is 27.9 Å². The topological polar surface area (TPSA) is 56.8 Å². The zero-order valence-corrected chi connectivity index (χ0v) is 18.6. The summed E-state index contributed by atoms with van der Waals surface area (Å²) in [5.41, 5.74) is 6.09. The Labute approximate surface area is 188 Å². The van der Waals surface area contributed by atoms with E-state index in [2.05, 4.69) is 53.8 Å². The van der Waals surface area contributed by atoms with E-state index in [4.69, 9.17) is 14.2 Å². The molecule has 1 N–H and O–H groups in total. The molecule has 0 radical (unpaired) electrons. The molecule has 1 unspecified atom stereocenters. The van der Waals surface area contributed by atoms with Gasteiger partial charge in [-0.05, 0) is 34.6 Å². The van der Waals surface area contributed by atoms with Crippen LogP contribution in [-0.4, -0.2) is 33.8 Å². The smallest absolute Gasteiger partial charge is 0.255 e. The molecule has 0 aliphatic heterocycles. The fraction of sp³-hybridized carbons (Fsp3) is 0.296. The number of carbonyl (C=O) groups excluding carboxylic acids is 1. The lowest BCUT2D eigenvalue weighted by atomic mass is 9.59. The summed E-state index contributed by atoms with van der Waals surface area (Å²) in [4.78, 5) is 13.1. The Morgan fingerprint density at radius 1 is 0.812 bits per heavy atom. The first-order valence-corrected chi connectivity index (χ1v) is 10.9. The largest absolute Gasteiger partial charge is 0.496 e. The summed E-state index contributed by atoms with van der Waals surface area (Å²) in [6.45, 7) is 0.597. The second kappa shape index (κ2) is 8.23. The van der Waals surface area contributed by atoms with Gasteiger partial charge in [-0.2, -0.15) is 0 Å². The van der Waals surface area contributed by atoms with Crippen molar-refractivity contribution in [3.05, 3.63) is 88.5 Å². The highest BCUT2D eigenvalue weighted by Crippen LogP contribution is 2.55. The van der Waals surface area contributed by atoms with Gasteiger partial charge >= 0.3 is 0 Å². The lowest BCUT2D eigenvalue weighted by Crippen LogP contribution is -2.39. The van der Waals surface area contributed by atoms with Crippen LogP contribution in [0, 0.1) is 5.92 Å². The Morgan fingerprint density at radius 2 is 1.34 bits per heavy atom. The van der Waals surface area contributed by atoms with Crippen molar-refractivity contribution in [2.24, 2.45) is 5.92 Å². The molecule has 3 aromatic carbocycles. The number of rotatable bonds is 6. The number of fused-ring (bicyclic) bond motifs is 1. The molecular formula is C27H27NO4. The molecule has 0 aromatic heterocycles. The van der Waals surface area contributed by atoms with Crippen LogP contribution in [0.1, 0.15) is 50.9 Å². The second-order valence-electron chi connectivity index (χ2n) is 8.40. The average molecular weight is 430 g/mol. The van der Waals surface area contributed by atoms with Gasteiger partial charge < -0.3 is 19.5 Å². The minimum absolute atomic E-state index is 0.175. The highest BCUT2D eigenvalue weighted by atomic mass is 16.5. The van der Waals surface area contributed by atoms with Crippen molar-refractivity contribution in [1.82, 2.24) is 5.32 Å². The van der Waals surface area contributed by atoms with Gasteiger partial charge in [-0.15, -0.1) is 0 Å². The Balaban J connectivity index is 1.41. The van der Waals surface area contributed by atoms with Gasteiger partial charge in [0.1, 0.15) is 5.75 Å². The van der Waals surface area contributed by atoms with E-state index in [0.717, 1.165) is 6.42 Å². The van der Waals surface area contributed by atoms with Crippen LogP contribution in [-0.2, 0) is 0 Å². The van der Waals surface area contributed by atoms with Crippen molar-refractivity contribution in [3.8, 4) is 17.2 Å². The van der Waals surface area contributed by atoms with Gasteiger partial charge in [0, 0.05) is 30.5 Å². The third kappa shape index (κ3) is 3.20. The van der Waals surface area contributed by atoms with E-state index >= 15 is 0 Å². The van der Waals surface area contributed by atoms with Gasteiger partial charge in [-0.25, -0.2) is 0 Å². The number of methoxy groups -OCH3 is 3. The number of nitrogens with one attached hydrogen (secondary N) is 1. The summed E-state index contributed by atoms with van der Waals surface area (Å²) < 4.78 is 16.2. The Morgan fingerprint density at radius 3 is 1.91 bits per heavy atom. The molecule has 0 fully saturated rings. The molecule has 6 rings (SSSR count). The van der Waals surface area contributed by atoms with Crippen LogP contribution in [0.15, 0.2) is 60.7 Å². The van der Waals surface area contributed by atoms with Crippen LogP contribution >= 0.6 is 0 Å². The van der Waals surface area contributed by atoms with E-state index in [-0.39, 0.29) is 5.91 Å². The highest BCUT2D eigenvalue weighted by molar-refractivity contribution is 5.97. The molecule has 3 aliphatic rings. The van der Waals surface area contributed by atoms with Crippen molar-refractivity contribution >= 4 is 5.91 Å². The molecule has 0 heterocycles. The molecule has 1 atom stereocenters. The van der Waals surface area contributed by atoms with E-state index in [1.807, 2.05) is 0 Å². The number of hydrogen-bond donors (Lipinski definition) is 1. The van der Waals surface area contributed by atoms with Gasteiger partial charge in [0.25, 0.3) is 5.91 Å². The fourth-order valence-corrected chi connectivity index (χ4v) is 5.49. The number of carbonyl (C=O) groups is 1. The van der Waals surface area contributed by atoms with Crippen molar-refractivity contribution in [2.45, 2.75) is 18.3 Å². The van der Waals surface area contributed by atoms with Gasteiger partial charge in [0.05, 0.1) is 26.9 Å². The number of amides is 1.